The number of hydrogen-bond donors (Lipinski definition) is 3. The number of carbonyl (C=O) groups excluding carboxylic acids is 2. The van der Waals surface area contributed by atoms with Crippen molar-refractivity contribution in [2.45, 2.75) is 6.92 Å². The Kier molecular flexibility index (Phi) is 7.18. The Morgan fingerprint density at radius 1 is 1.07 bits per heavy atom. The van der Waals surface area contributed by atoms with Gasteiger partial charge in [0.15, 0.2) is 5.13 Å². The molecular weight excluding hydrogens is 400 g/mol. The molecule has 154 valence electrons. The second-order valence-corrected chi connectivity index (χ2v) is 7.05. The molecule has 0 bridgehead atoms. The maximum Gasteiger partial charge on any atom is 0.319 e. The standard InChI is InChI=1S/C22H22N4O3S/c1-3-23-21(28)24-17-9-4-15(5-10-17)6-13-20(27)26-22-25-19(14-30-22)16-7-11-18(29-2)12-8-16/h4-14H,3H2,1-2H3,(H2,23,24,28)(H,25,26,27)/b13-6+. The number of ether oxygens (including phenoxy) is 1. The Hall–Kier alpha value is -3.65. The number of benzene rings is 2. The molecule has 30 heavy (non-hydrogen) atoms. The minimum atomic E-state index is -0.268. The molecule has 3 rings (SSSR count). The maximum atomic E-state index is 12.2. The number of methoxy groups -OCH3 is 1. The number of amides is 3. The first-order valence-electron chi connectivity index (χ1n) is 9.31. The average molecular weight is 423 g/mol. The van der Waals surface area contributed by atoms with E-state index in [1.54, 1.807) is 25.3 Å². The van der Waals surface area contributed by atoms with Crippen LogP contribution >= 0.6 is 11.3 Å². The monoisotopic (exact) mass is 422 g/mol. The minimum absolute atomic E-state index is 0.252. The lowest BCUT2D eigenvalue weighted by Gasteiger charge is -2.05. The molecule has 2 aromatic carbocycles. The van der Waals surface area contributed by atoms with Crippen LogP contribution in [0.1, 0.15) is 12.5 Å². The van der Waals surface area contributed by atoms with Crippen LogP contribution in [0.25, 0.3) is 17.3 Å². The number of thiazole rings is 1. The van der Waals surface area contributed by atoms with Gasteiger partial charge in [0.25, 0.3) is 0 Å². The first kappa shape index (κ1) is 21.1. The summed E-state index contributed by atoms with van der Waals surface area (Å²) in [4.78, 5) is 28.1. The van der Waals surface area contributed by atoms with Crippen molar-refractivity contribution >= 4 is 40.2 Å². The van der Waals surface area contributed by atoms with Gasteiger partial charge in [0.05, 0.1) is 12.8 Å². The summed E-state index contributed by atoms with van der Waals surface area (Å²) in [6.07, 6.45) is 3.14. The van der Waals surface area contributed by atoms with Gasteiger partial charge in [-0.3, -0.25) is 10.1 Å². The van der Waals surface area contributed by atoms with Crippen LogP contribution in [-0.4, -0.2) is 30.6 Å². The van der Waals surface area contributed by atoms with Crippen LogP contribution in [0.2, 0.25) is 0 Å². The molecule has 7 nitrogen and oxygen atoms in total. The third kappa shape index (κ3) is 5.92. The fourth-order valence-electron chi connectivity index (χ4n) is 2.56. The molecule has 0 atom stereocenters. The second-order valence-electron chi connectivity index (χ2n) is 6.20. The molecule has 0 saturated heterocycles. The SMILES string of the molecule is CCNC(=O)Nc1ccc(/C=C/C(=O)Nc2nc(-c3ccc(OC)cc3)cs2)cc1. The van der Waals surface area contributed by atoms with Crippen LogP contribution in [0.5, 0.6) is 5.75 Å². The zero-order chi connectivity index (χ0) is 21.3. The van der Waals surface area contributed by atoms with E-state index in [0.29, 0.717) is 17.4 Å². The minimum Gasteiger partial charge on any atom is -0.497 e. The van der Waals surface area contributed by atoms with Crippen molar-refractivity contribution in [3.8, 4) is 17.0 Å². The van der Waals surface area contributed by atoms with Gasteiger partial charge in [0.2, 0.25) is 5.91 Å². The highest BCUT2D eigenvalue weighted by molar-refractivity contribution is 7.14. The summed E-state index contributed by atoms with van der Waals surface area (Å²) in [5.41, 5.74) is 3.25. The lowest BCUT2D eigenvalue weighted by Crippen LogP contribution is -2.28. The summed E-state index contributed by atoms with van der Waals surface area (Å²) in [5.74, 6) is 0.510. The van der Waals surface area contributed by atoms with E-state index in [2.05, 4.69) is 20.9 Å². The molecule has 0 saturated carbocycles. The number of hydrogen-bond acceptors (Lipinski definition) is 5. The van der Waals surface area contributed by atoms with E-state index in [9.17, 15) is 9.59 Å². The number of rotatable bonds is 7. The molecule has 1 aromatic heterocycles. The fourth-order valence-corrected chi connectivity index (χ4v) is 3.28. The largest absolute Gasteiger partial charge is 0.497 e. The van der Waals surface area contributed by atoms with E-state index in [-0.39, 0.29) is 11.9 Å². The number of carbonyl (C=O) groups is 2. The predicted octanol–water partition coefficient (Wildman–Crippen LogP) is 4.61. The maximum absolute atomic E-state index is 12.2. The van der Waals surface area contributed by atoms with Gasteiger partial charge in [0, 0.05) is 29.3 Å². The average Bonchev–Trinajstić information content (AvgIpc) is 3.22. The lowest BCUT2D eigenvalue weighted by atomic mass is 10.2. The molecule has 0 unspecified atom stereocenters. The number of anilines is 2. The summed E-state index contributed by atoms with van der Waals surface area (Å²) in [6, 6.07) is 14.5. The smallest absolute Gasteiger partial charge is 0.319 e. The van der Waals surface area contributed by atoms with Crippen LogP contribution in [0.4, 0.5) is 15.6 Å². The Morgan fingerprint density at radius 3 is 2.47 bits per heavy atom. The Bertz CT molecular complexity index is 1030. The Balaban J connectivity index is 1.55. The molecule has 0 radical (unpaired) electrons. The van der Waals surface area contributed by atoms with Crippen LogP contribution in [0.15, 0.2) is 60.0 Å². The van der Waals surface area contributed by atoms with Gasteiger partial charge in [-0.1, -0.05) is 12.1 Å². The summed E-state index contributed by atoms with van der Waals surface area (Å²) in [5, 5.41) is 10.6. The number of aromatic nitrogens is 1. The molecule has 8 heteroatoms. The van der Waals surface area contributed by atoms with Crippen LogP contribution in [-0.2, 0) is 4.79 Å². The molecule has 3 aromatic rings. The van der Waals surface area contributed by atoms with Gasteiger partial charge in [-0.25, -0.2) is 9.78 Å². The normalized spacial score (nSPS) is 10.6. The quantitative estimate of drug-likeness (QED) is 0.485. The van der Waals surface area contributed by atoms with E-state index in [0.717, 1.165) is 22.6 Å². The van der Waals surface area contributed by atoms with Gasteiger partial charge in [-0.05, 0) is 55.0 Å². The van der Waals surface area contributed by atoms with E-state index in [4.69, 9.17) is 4.74 Å². The van der Waals surface area contributed by atoms with Gasteiger partial charge in [-0.15, -0.1) is 11.3 Å². The van der Waals surface area contributed by atoms with Crippen molar-refractivity contribution in [2.24, 2.45) is 0 Å². The molecule has 0 fully saturated rings. The Morgan fingerprint density at radius 2 is 1.80 bits per heavy atom. The van der Waals surface area contributed by atoms with E-state index < -0.39 is 0 Å². The van der Waals surface area contributed by atoms with E-state index >= 15 is 0 Å². The van der Waals surface area contributed by atoms with E-state index in [1.165, 1.54) is 17.4 Å². The number of nitrogens with zero attached hydrogens (tertiary/aromatic N) is 1. The second kappa shape index (κ2) is 10.2. The highest BCUT2D eigenvalue weighted by Crippen LogP contribution is 2.26. The molecule has 1 heterocycles. The molecule has 0 spiro atoms. The fraction of sp³-hybridized carbons (Fsp3) is 0.136. The van der Waals surface area contributed by atoms with Crippen LogP contribution in [0.3, 0.4) is 0 Å². The molecule has 0 aliphatic carbocycles. The summed E-state index contributed by atoms with van der Waals surface area (Å²) in [7, 11) is 1.62. The van der Waals surface area contributed by atoms with Crippen molar-refractivity contribution in [3.05, 3.63) is 65.6 Å². The topological polar surface area (TPSA) is 92.4 Å². The molecule has 3 N–H and O–H groups in total. The zero-order valence-corrected chi connectivity index (χ0v) is 17.5. The number of nitrogens with one attached hydrogen (secondary N) is 3. The number of urea groups is 1. The van der Waals surface area contributed by atoms with Crippen molar-refractivity contribution in [1.82, 2.24) is 10.3 Å². The highest BCUT2D eigenvalue weighted by Gasteiger charge is 2.07. The van der Waals surface area contributed by atoms with Crippen molar-refractivity contribution in [3.63, 3.8) is 0 Å². The van der Waals surface area contributed by atoms with Gasteiger partial charge < -0.3 is 15.4 Å². The summed E-state index contributed by atoms with van der Waals surface area (Å²) >= 11 is 1.36. The van der Waals surface area contributed by atoms with Crippen LogP contribution in [0, 0.1) is 0 Å². The first-order valence-corrected chi connectivity index (χ1v) is 10.2. The summed E-state index contributed by atoms with van der Waals surface area (Å²) < 4.78 is 5.16. The van der Waals surface area contributed by atoms with Gasteiger partial charge >= 0.3 is 6.03 Å². The van der Waals surface area contributed by atoms with Gasteiger partial charge in [0.1, 0.15) is 5.75 Å². The van der Waals surface area contributed by atoms with Gasteiger partial charge in [-0.2, -0.15) is 0 Å². The third-order valence-corrected chi connectivity index (χ3v) is 4.81. The van der Waals surface area contributed by atoms with Crippen LogP contribution < -0.4 is 20.7 Å². The molecular formula is C22H22N4O3S. The lowest BCUT2D eigenvalue weighted by molar-refractivity contribution is -0.111. The molecule has 0 aliphatic heterocycles. The molecule has 3 amide bonds. The summed E-state index contributed by atoms with van der Waals surface area (Å²) in [6.45, 7) is 2.41. The van der Waals surface area contributed by atoms with Crippen molar-refractivity contribution < 1.29 is 14.3 Å². The van der Waals surface area contributed by atoms with E-state index in [1.807, 2.05) is 48.7 Å². The van der Waals surface area contributed by atoms with Crippen molar-refractivity contribution in [2.75, 3.05) is 24.3 Å². The van der Waals surface area contributed by atoms with Crippen molar-refractivity contribution in [1.29, 1.82) is 0 Å². The first-order chi connectivity index (χ1) is 14.6. The zero-order valence-electron chi connectivity index (χ0n) is 16.6. The Labute approximate surface area is 178 Å². The molecule has 0 aliphatic rings. The third-order valence-electron chi connectivity index (χ3n) is 4.05. The highest BCUT2D eigenvalue weighted by atomic mass is 32.1. The predicted molar refractivity (Wildman–Crippen MR) is 121 cm³/mol.